The van der Waals surface area contributed by atoms with Crippen LogP contribution in [-0.2, 0) is 19.3 Å². The van der Waals surface area contributed by atoms with Crippen molar-refractivity contribution in [3.8, 4) is 0 Å². The molecule has 1 N–H and O–H groups in total. The molecule has 0 aliphatic carbocycles. The first-order chi connectivity index (χ1) is 9.07. The molecule has 0 aromatic heterocycles. The summed E-state index contributed by atoms with van der Waals surface area (Å²) in [6.07, 6.45) is 0.735. The maximum Gasteiger partial charge on any atom is 0.151 e. The van der Waals surface area contributed by atoms with Gasteiger partial charge in [-0.1, -0.05) is 0 Å². The van der Waals surface area contributed by atoms with E-state index < -0.39 is 9.84 Å². The van der Waals surface area contributed by atoms with E-state index in [1.54, 1.807) is 14.2 Å². The quantitative estimate of drug-likeness (QED) is 0.578. The molecular weight excluding hydrogens is 268 g/mol. The van der Waals surface area contributed by atoms with E-state index in [0.717, 1.165) is 32.6 Å². The van der Waals surface area contributed by atoms with E-state index in [4.69, 9.17) is 9.47 Å². The highest BCUT2D eigenvalue weighted by molar-refractivity contribution is 7.91. The predicted molar refractivity (Wildman–Crippen MR) is 75.3 cm³/mol. The number of methoxy groups -OCH3 is 2. The van der Waals surface area contributed by atoms with E-state index in [-0.39, 0.29) is 11.8 Å². The molecule has 0 spiro atoms. The molecule has 19 heavy (non-hydrogen) atoms. The van der Waals surface area contributed by atoms with E-state index in [0.29, 0.717) is 19.0 Å². The summed E-state index contributed by atoms with van der Waals surface area (Å²) >= 11 is 0. The highest BCUT2D eigenvalue weighted by Gasteiger charge is 2.27. The number of nitrogens with one attached hydrogen (secondary N) is 1. The summed E-state index contributed by atoms with van der Waals surface area (Å²) < 4.78 is 32.8. The summed E-state index contributed by atoms with van der Waals surface area (Å²) in [5.41, 5.74) is 0. The monoisotopic (exact) mass is 294 g/mol. The number of hydrogen-bond donors (Lipinski definition) is 1. The fraction of sp³-hybridized carbons (Fsp3) is 1.00. The number of rotatable bonds is 10. The molecule has 0 aromatic carbocycles. The van der Waals surface area contributed by atoms with E-state index in [9.17, 15) is 8.42 Å². The number of nitrogens with zero attached hydrogens (tertiary/aromatic N) is 1. The standard InChI is InChI=1S/C12H26N2O4S/c1-17-8-6-14(7-9-18-2)5-4-13-12-3-10-19(15,16)11-12/h12-13H,3-11H2,1-2H3. The number of ether oxygens (including phenoxy) is 2. The lowest BCUT2D eigenvalue weighted by molar-refractivity contribution is 0.114. The molecule has 0 amide bonds. The van der Waals surface area contributed by atoms with E-state index in [2.05, 4.69) is 10.2 Å². The third kappa shape index (κ3) is 7.22. The first kappa shape index (κ1) is 16.8. The second kappa shape index (κ2) is 8.86. The van der Waals surface area contributed by atoms with E-state index in [1.165, 1.54) is 0 Å². The molecule has 1 heterocycles. The van der Waals surface area contributed by atoms with Gasteiger partial charge in [0.25, 0.3) is 0 Å². The summed E-state index contributed by atoms with van der Waals surface area (Å²) in [5.74, 6) is 0.602. The van der Waals surface area contributed by atoms with Gasteiger partial charge in [0, 0.05) is 46.4 Å². The smallest absolute Gasteiger partial charge is 0.151 e. The van der Waals surface area contributed by atoms with Gasteiger partial charge in [-0.3, -0.25) is 4.90 Å². The van der Waals surface area contributed by atoms with Gasteiger partial charge < -0.3 is 14.8 Å². The van der Waals surface area contributed by atoms with Crippen molar-refractivity contribution in [1.29, 1.82) is 0 Å². The topological polar surface area (TPSA) is 67.9 Å². The minimum atomic E-state index is -2.79. The first-order valence-corrected chi connectivity index (χ1v) is 8.53. The van der Waals surface area contributed by atoms with Crippen LogP contribution in [0.5, 0.6) is 0 Å². The molecule has 0 bridgehead atoms. The SMILES string of the molecule is COCCN(CCNC1CCS(=O)(=O)C1)CCOC. The van der Waals surface area contributed by atoms with Gasteiger partial charge in [-0.25, -0.2) is 8.42 Å². The number of sulfone groups is 1. The van der Waals surface area contributed by atoms with Crippen molar-refractivity contribution in [1.82, 2.24) is 10.2 Å². The predicted octanol–water partition coefficient (Wildman–Crippen LogP) is -0.642. The molecule has 1 saturated heterocycles. The minimum Gasteiger partial charge on any atom is -0.383 e. The van der Waals surface area contributed by atoms with Crippen molar-refractivity contribution >= 4 is 9.84 Å². The van der Waals surface area contributed by atoms with Crippen LogP contribution < -0.4 is 5.32 Å². The fourth-order valence-electron chi connectivity index (χ4n) is 2.16. The Kier molecular flexibility index (Phi) is 7.86. The van der Waals surface area contributed by atoms with Crippen LogP contribution in [0.25, 0.3) is 0 Å². The Labute approximate surface area is 116 Å². The zero-order valence-electron chi connectivity index (χ0n) is 11.9. The van der Waals surface area contributed by atoms with E-state index in [1.807, 2.05) is 0 Å². The third-order valence-electron chi connectivity index (χ3n) is 3.32. The van der Waals surface area contributed by atoms with Gasteiger partial charge in [0.2, 0.25) is 0 Å². The van der Waals surface area contributed by atoms with Crippen LogP contribution in [0.4, 0.5) is 0 Å². The van der Waals surface area contributed by atoms with Crippen LogP contribution in [0.2, 0.25) is 0 Å². The summed E-state index contributed by atoms with van der Waals surface area (Å²) in [6.45, 7) is 4.80. The van der Waals surface area contributed by atoms with Crippen LogP contribution in [-0.4, -0.2) is 84.5 Å². The summed E-state index contributed by atoms with van der Waals surface area (Å²) in [7, 11) is 0.591. The molecular formula is C12H26N2O4S. The lowest BCUT2D eigenvalue weighted by atomic mass is 10.2. The largest absolute Gasteiger partial charge is 0.383 e. The molecule has 7 heteroatoms. The van der Waals surface area contributed by atoms with Crippen molar-refractivity contribution in [3.05, 3.63) is 0 Å². The Morgan fingerprint density at radius 2 is 1.79 bits per heavy atom. The molecule has 1 aliphatic rings. The first-order valence-electron chi connectivity index (χ1n) is 6.71. The molecule has 1 atom stereocenters. The van der Waals surface area contributed by atoms with Crippen molar-refractivity contribution < 1.29 is 17.9 Å². The van der Waals surface area contributed by atoms with Crippen molar-refractivity contribution in [2.45, 2.75) is 12.5 Å². The Hall–Kier alpha value is -0.210. The minimum absolute atomic E-state index is 0.122. The zero-order valence-corrected chi connectivity index (χ0v) is 12.7. The Balaban J connectivity index is 2.19. The average Bonchev–Trinajstić information content (AvgIpc) is 2.71. The molecule has 1 unspecified atom stereocenters. The molecule has 1 rings (SSSR count). The Morgan fingerprint density at radius 3 is 2.26 bits per heavy atom. The van der Waals surface area contributed by atoms with Crippen LogP contribution in [0.3, 0.4) is 0 Å². The highest BCUT2D eigenvalue weighted by Crippen LogP contribution is 2.10. The van der Waals surface area contributed by atoms with E-state index >= 15 is 0 Å². The van der Waals surface area contributed by atoms with Gasteiger partial charge in [-0.05, 0) is 6.42 Å². The van der Waals surface area contributed by atoms with Crippen LogP contribution >= 0.6 is 0 Å². The second-order valence-corrected chi connectivity index (χ2v) is 7.11. The highest BCUT2D eigenvalue weighted by atomic mass is 32.2. The molecule has 0 radical (unpaired) electrons. The van der Waals surface area contributed by atoms with Gasteiger partial charge in [-0.15, -0.1) is 0 Å². The lowest BCUT2D eigenvalue weighted by Crippen LogP contribution is -2.40. The molecule has 0 aromatic rings. The van der Waals surface area contributed by atoms with Crippen molar-refractivity contribution in [2.24, 2.45) is 0 Å². The average molecular weight is 294 g/mol. The number of hydrogen-bond acceptors (Lipinski definition) is 6. The van der Waals surface area contributed by atoms with Crippen molar-refractivity contribution in [3.63, 3.8) is 0 Å². The lowest BCUT2D eigenvalue weighted by Gasteiger charge is -2.22. The van der Waals surface area contributed by atoms with Crippen LogP contribution in [0.1, 0.15) is 6.42 Å². The normalized spacial score (nSPS) is 22.2. The Morgan fingerprint density at radius 1 is 1.16 bits per heavy atom. The maximum atomic E-state index is 11.3. The summed E-state index contributed by atoms with van der Waals surface area (Å²) in [6, 6.07) is 0.122. The summed E-state index contributed by atoms with van der Waals surface area (Å²) in [4.78, 5) is 2.25. The molecule has 0 saturated carbocycles. The third-order valence-corrected chi connectivity index (χ3v) is 5.08. The van der Waals surface area contributed by atoms with Gasteiger partial charge in [-0.2, -0.15) is 0 Å². The van der Waals surface area contributed by atoms with Gasteiger partial charge in [0.1, 0.15) is 0 Å². The van der Waals surface area contributed by atoms with Crippen LogP contribution in [0.15, 0.2) is 0 Å². The van der Waals surface area contributed by atoms with Gasteiger partial charge in [0.15, 0.2) is 9.84 Å². The van der Waals surface area contributed by atoms with Crippen LogP contribution in [0, 0.1) is 0 Å². The molecule has 6 nitrogen and oxygen atoms in total. The van der Waals surface area contributed by atoms with Gasteiger partial charge >= 0.3 is 0 Å². The summed E-state index contributed by atoms with van der Waals surface area (Å²) in [5, 5.41) is 3.32. The molecule has 1 fully saturated rings. The maximum absolute atomic E-state index is 11.3. The van der Waals surface area contributed by atoms with Gasteiger partial charge in [0.05, 0.1) is 24.7 Å². The van der Waals surface area contributed by atoms with Crippen molar-refractivity contribution in [2.75, 3.05) is 65.1 Å². The Bertz CT molecular complexity index is 327. The zero-order chi connectivity index (χ0) is 14.1. The fourth-order valence-corrected chi connectivity index (χ4v) is 3.87. The molecule has 114 valence electrons. The second-order valence-electron chi connectivity index (χ2n) is 4.88. The molecule has 1 aliphatic heterocycles.